The summed E-state index contributed by atoms with van der Waals surface area (Å²) in [4.78, 5) is 36.9. The summed E-state index contributed by atoms with van der Waals surface area (Å²) in [5, 5.41) is 11.1. The van der Waals surface area contributed by atoms with Crippen molar-refractivity contribution < 1.29 is 23.9 Å². The Bertz CT molecular complexity index is 765. The van der Waals surface area contributed by atoms with E-state index in [2.05, 4.69) is 0 Å². The quantitative estimate of drug-likeness (QED) is 0.797. The number of fused-ring (bicyclic) bond motifs is 1. The first-order chi connectivity index (χ1) is 11.0. The van der Waals surface area contributed by atoms with Crippen molar-refractivity contribution in [3.63, 3.8) is 0 Å². The van der Waals surface area contributed by atoms with E-state index in [1.807, 2.05) is 0 Å². The molecule has 0 saturated carbocycles. The van der Waals surface area contributed by atoms with Gasteiger partial charge in [-0.3, -0.25) is 14.5 Å². The highest BCUT2D eigenvalue weighted by Crippen LogP contribution is 2.33. The largest absolute Gasteiger partial charge is 0.550 e. The Balaban J connectivity index is 2.04. The number of carbonyl (C=O) groups excluding carboxylic acids is 3. The van der Waals surface area contributed by atoms with E-state index in [-0.39, 0.29) is 11.1 Å². The van der Waals surface area contributed by atoms with Crippen LogP contribution in [0.5, 0.6) is 0 Å². The van der Waals surface area contributed by atoms with Crippen LogP contribution in [0.2, 0.25) is 0 Å². The van der Waals surface area contributed by atoms with Crippen molar-refractivity contribution in [2.45, 2.75) is 12.5 Å². The second-order valence-corrected chi connectivity index (χ2v) is 5.17. The van der Waals surface area contributed by atoms with Gasteiger partial charge < -0.3 is 9.90 Å². The summed E-state index contributed by atoms with van der Waals surface area (Å²) in [6, 6.07) is 10.2. The van der Waals surface area contributed by atoms with Crippen LogP contribution < -0.4 is 5.11 Å². The van der Waals surface area contributed by atoms with Crippen molar-refractivity contribution >= 4 is 17.8 Å². The molecular formula is C17H11FNO4-. The highest BCUT2D eigenvalue weighted by atomic mass is 19.1. The first-order valence-electron chi connectivity index (χ1n) is 6.91. The number of hydrogen-bond acceptors (Lipinski definition) is 4. The predicted octanol–water partition coefficient (Wildman–Crippen LogP) is 1.30. The molecule has 1 atom stereocenters. The lowest BCUT2D eigenvalue weighted by Gasteiger charge is -2.27. The Morgan fingerprint density at radius 1 is 1.00 bits per heavy atom. The maximum absolute atomic E-state index is 13.1. The van der Waals surface area contributed by atoms with Crippen LogP contribution in [-0.4, -0.2) is 22.7 Å². The lowest BCUT2D eigenvalue weighted by atomic mass is 10.0. The van der Waals surface area contributed by atoms with Gasteiger partial charge in [-0.25, -0.2) is 4.39 Å². The number of aliphatic carboxylic acids is 1. The van der Waals surface area contributed by atoms with E-state index in [1.165, 1.54) is 24.3 Å². The fourth-order valence-electron chi connectivity index (χ4n) is 2.69. The molecule has 1 heterocycles. The van der Waals surface area contributed by atoms with Gasteiger partial charge in [0.1, 0.15) is 5.82 Å². The minimum atomic E-state index is -1.41. The van der Waals surface area contributed by atoms with Gasteiger partial charge in [-0.1, -0.05) is 24.3 Å². The maximum atomic E-state index is 13.1. The van der Waals surface area contributed by atoms with E-state index in [9.17, 15) is 23.9 Å². The van der Waals surface area contributed by atoms with Crippen LogP contribution >= 0.6 is 0 Å². The minimum absolute atomic E-state index is 0.225. The molecule has 6 heteroatoms. The average Bonchev–Trinajstić information content (AvgIpc) is 2.78. The Morgan fingerprint density at radius 2 is 1.52 bits per heavy atom. The van der Waals surface area contributed by atoms with Gasteiger partial charge in [-0.15, -0.1) is 0 Å². The highest BCUT2D eigenvalue weighted by Gasteiger charge is 2.40. The third-order valence-corrected chi connectivity index (χ3v) is 3.75. The number of nitrogens with zero attached hydrogens (tertiary/aromatic N) is 1. The number of benzene rings is 2. The summed E-state index contributed by atoms with van der Waals surface area (Å²) in [6.45, 7) is 0. The zero-order valence-electron chi connectivity index (χ0n) is 11.9. The number of imide groups is 1. The molecule has 2 amide bonds. The molecule has 1 aliphatic rings. The maximum Gasteiger partial charge on any atom is 0.262 e. The van der Waals surface area contributed by atoms with Crippen molar-refractivity contribution in [2.24, 2.45) is 0 Å². The third kappa shape index (κ3) is 2.59. The Morgan fingerprint density at radius 3 is 2.00 bits per heavy atom. The molecule has 3 rings (SSSR count). The van der Waals surface area contributed by atoms with Gasteiger partial charge in [-0.05, 0) is 29.8 Å². The third-order valence-electron chi connectivity index (χ3n) is 3.75. The molecule has 0 bridgehead atoms. The molecule has 5 nitrogen and oxygen atoms in total. The van der Waals surface area contributed by atoms with E-state index in [0.29, 0.717) is 5.56 Å². The summed E-state index contributed by atoms with van der Waals surface area (Å²) < 4.78 is 13.1. The van der Waals surface area contributed by atoms with Gasteiger partial charge in [0.2, 0.25) is 0 Å². The van der Waals surface area contributed by atoms with Crippen molar-refractivity contribution in [3.8, 4) is 0 Å². The molecule has 0 aliphatic carbocycles. The second kappa shape index (κ2) is 5.64. The van der Waals surface area contributed by atoms with E-state index in [1.54, 1.807) is 12.1 Å². The molecular weight excluding hydrogens is 301 g/mol. The van der Waals surface area contributed by atoms with E-state index in [0.717, 1.165) is 17.0 Å². The molecule has 23 heavy (non-hydrogen) atoms. The Hall–Kier alpha value is -3.02. The number of amides is 2. The molecule has 0 spiro atoms. The smallest absolute Gasteiger partial charge is 0.262 e. The lowest BCUT2D eigenvalue weighted by Crippen LogP contribution is -2.38. The first-order valence-corrected chi connectivity index (χ1v) is 6.91. The van der Waals surface area contributed by atoms with Crippen molar-refractivity contribution in [3.05, 3.63) is 71.0 Å². The molecule has 0 fully saturated rings. The summed E-state index contributed by atoms with van der Waals surface area (Å²) >= 11 is 0. The summed E-state index contributed by atoms with van der Waals surface area (Å²) in [5.74, 6) is -3.04. The minimum Gasteiger partial charge on any atom is -0.550 e. The molecule has 0 saturated heterocycles. The summed E-state index contributed by atoms with van der Waals surface area (Å²) in [6.07, 6.45) is -0.558. The number of carbonyl (C=O) groups is 3. The fourth-order valence-corrected chi connectivity index (χ4v) is 2.69. The van der Waals surface area contributed by atoms with Gasteiger partial charge in [-0.2, -0.15) is 0 Å². The molecule has 2 aromatic rings. The SMILES string of the molecule is O=C([O-])C[C@H](c1ccc(F)cc1)N1C(=O)c2ccccc2C1=O. The Kier molecular flexibility index (Phi) is 3.65. The highest BCUT2D eigenvalue weighted by molar-refractivity contribution is 6.21. The summed E-state index contributed by atoms with van der Waals surface area (Å²) in [5.41, 5.74) is 0.802. The zero-order valence-corrected chi connectivity index (χ0v) is 11.9. The zero-order chi connectivity index (χ0) is 16.6. The van der Waals surface area contributed by atoms with Gasteiger partial charge in [0.05, 0.1) is 17.2 Å². The van der Waals surface area contributed by atoms with Gasteiger partial charge in [0.15, 0.2) is 0 Å². The van der Waals surface area contributed by atoms with Crippen LogP contribution in [0.1, 0.15) is 38.7 Å². The predicted molar refractivity (Wildman–Crippen MR) is 75.7 cm³/mol. The molecule has 116 valence electrons. The van der Waals surface area contributed by atoms with Gasteiger partial charge in [0.25, 0.3) is 11.8 Å². The molecule has 0 unspecified atom stereocenters. The lowest BCUT2D eigenvalue weighted by molar-refractivity contribution is -0.306. The number of rotatable bonds is 4. The first kappa shape index (κ1) is 14.9. The topological polar surface area (TPSA) is 77.5 Å². The molecule has 1 aliphatic heterocycles. The number of hydrogen-bond donors (Lipinski definition) is 0. The van der Waals surface area contributed by atoms with Crippen molar-refractivity contribution in [2.75, 3.05) is 0 Å². The molecule has 2 aromatic carbocycles. The normalized spacial score (nSPS) is 14.7. The van der Waals surface area contributed by atoms with Crippen LogP contribution in [0.4, 0.5) is 4.39 Å². The molecule has 0 N–H and O–H groups in total. The standard InChI is InChI=1S/C17H12FNO4/c18-11-7-5-10(6-8-11)14(9-15(20)21)19-16(22)12-3-1-2-4-13(12)17(19)23/h1-8,14H,9H2,(H,20,21)/p-1/t14-/m1/s1. The molecule has 0 aromatic heterocycles. The van der Waals surface area contributed by atoms with Crippen LogP contribution in [0.25, 0.3) is 0 Å². The van der Waals surface area contributed by atoms with E-state index in [4.69, 9.17) is 0 Å². The van der Waals surface area contributed by atoms with Crippen LogP contribution in [0, 0.1) is 5.82 Å². The fraction of sp³-hybridized carbons (Fsp3) is 0.118. The van der Waals surface area contributed by atoms with Crippen molar-refractivity contribution in [1.29, 1.82) is 0 Å². The number of carboxylic acid groups (broad SMARTS) is 1. The van der Waals surface area contributed by atoms with Crippen LogP contribution in [0.15, 0.2) is 48.5 Å². The van der Waals surface area contributed by atoms with Crippen LogP contribution in [-0.2, 0) is 4.79 Å². The van der Waals surface area contributed by atoms with Gasteiger partial charge >= 0.3 is 0 Å². The van der Waals surface area contributed by atoms with E-state index < -0.39 is 36.1 Å². The number of carboxylic acids is 1. The summed E-state index contributed by atoms with van der Waals surface area (Å²) in [7, 11) is 0. The molecule has 0 radical (unpaired) electrons. The number of halogens is 1. The monoisotopic (exact) mass is 312 g/mol. The van der Waals surface area contributed by atoms with Gasteiger partial charge in [0, 0.05) is 12.4 Å². The average molecular weight is 312 g/mol. The second-order valence-electron chi connectivity index (χ2n) is 5.17. The van der Waals surface area contributed by atoms with Crippen molar-refractivity contribution in [1.82, 2.24) is 4.90 Å². The van der Waals surface area contributed by atoms with E-state index >= 15 is 0 Å². The van der Waals surface area contributed by atoms with Crippen LogP contribution in [0.3, 0.4) is 0 Å². The Labute approximate surface area is 131 Å².